The SMILES string of the molecule is FC(F)(F)c1cnc(NC2CCN(SC3CCCNC3)CC2)nc1NC1CCCC1. The number of hydrogen-bond donors (Lipinski definition) is 3. The monoisotopic (exact) mass is 444 g/mol. The Morgan fingerprint density at radius 3 is 2.40 bits per heavy atom. The molecular formula is C20H31F3N6S. The topological polar surface area (TPSA) is 65.1 Å². The fraction of sp³-hybridized carbons (Fsp3) is 0.800. The van der Waals surface area contributed by atoms with E-state index in [0.29, 0.717) is 5.25 Å². The van der Waals surface area contributed by atoms with Crippen molar-refractivity contribution in [1.29, 1.82) is 0 Å². The third-order valence-electron chi connectivity index (χ3n) is 6.13. The van der Waals surface area contributed by atoms with Crippen LogP contribution in [-0.4, -0.2) is 57.8 Å². The van der Waals surface area contributed by atoms with Crippen LogP contribution in [0.1, 0.15) is 56.9 Å². The van der Waals surface area contributed by atoms with Crippen LogP contribution in [0.2, 0.25) is 0 Å². The Labute approximate surface area is 180 Å². The molecule has 30 heavy (non-hydrogen) atoms. The molecule has 0 radical (unpaired) electrons. The number of halogens is 3. The van der Waals surface area contributed by atoms with Gasteiger partial charge in [0.1, 0.15) is 11.4 Å². The second-order valence-electron chi connectivity index (χ2n) is 8.50. The van der Waals surface area contributed by atoms with Gasteiger partial charge in [-0.1, -0.05) is 24.8 Å². The molecule has 3 aliphatic rings. The van der Waals surface area contributed by atoms with Gasteiger partial charge < -0.3 is 16.0 Å². The van der Waals surface area contributed by atoms with Crippen LogP contribution in [-0.2, 0) is 6.18 Å². The van der Waals surface area contributed by atoms with E-state index in [0.717, 1.165) is 70.9 Å². The van der Waals surface area contributed by atoms with Crippen molar-refractivity contribution in [2.24, 2.45) is 0 Å². The zero-order valence-electron chi connectivity index (χ0n) is 17.2. The quantitative estimate of drug-likeness (QED) is 0.570. The summed E-state index contributed by atoms with van der Waals surface area (Å²) < 4.78 is 42.6. The van der Waals surface area contributed by atoms with E-state index in [1.807, 2.05) is 11.9 Å². The predicted molar refractivity (Wildman–Crippen MR) is 115 cm³/mol. The first-order chi connectivity index (χ1) is 14.5. The molecule has 6 nitrogen and oxygen atoms in total. The standard InChI is InChI=1S/C20H31F3N6S/c21-20(22,23)17-13-25-19(28-18(17)26-14-4-1-2-5-14)27-15-7-10-29(11-8-15)30-16-6-3-9-24-12-16/h13-16,24H,1-12H2,(H2,25,26,27,28). The van der Waals surface area contributed by atoms with Crippen molar-refractivity contribution in [3.05, 3.63) is 11.8 Å². The maximum atomic E-state index is 13.4. The van der Waals surface area contributed by atoms with Crippen LogP contribution in [0.25, 0.3) is 0 Å². The van der Waals surface area contributed by atoms with Crippen molar-refractivity contribution in [3.8, 4) is 0 Å². The summed E-state index contributed by atoms with van der Waals surface area (Å²) in [5.41, 5.74) is -0.785. The number of nitrogens with zero attached hydrogens (tertiary/aromatic N) is 3. The van der Waals surface area contributed by atoms with Gasteiger partial charge in [-0.25, -0.2) is 4.98 Å². The lowest BCUT2D eigenvalue weighted by atomic mass is 10.1. The number of alkyl halides is 3. The molecule has 4 rings (SSSR count). The highest BCUT2D eigenvalue weighted by Gasteiger charge is 2.36. The molecule has 0 bridgehead atoms. The number of rotatable bonds is 6. The lowest BCUT2D eigenvalue weighted by Gasteiger charge is -2.34. The summed E-state index contributed by atoms with van der Waals surface area (Å²) >= 11 is 1.95. The lowest BCUT2D eigenvalue weighted by Crippen LogP contribution is -2.39. The lowest BCUT2D eigenvalue weighted by molar-refractivity contribution is -0.137. The molecule has 3 N–H and O–H groups in total. The smallest absolute Gasteiger partial charge is 0.367 e. The summed E-state index contributed by atoms with van der Waals surface area (Å²) in [6.45, 7) is 4.12. The van der Waals surface area contributed by atoms with Crippen LogP contribution < -0.4 is 16.0 Å². The zero-order chi connectivity index (χ0) is 21.0. The van der Waals surface area contributed by atoms with E-state index in [-0.39, 0.29) is 23.8 Å². The molecule has 1 aromatic heterocycles. The van der Waals surface area contributed by atoms with Gasteiger partial charge in [-0.3, -0.25) is 4.31 Å². The highest BCUT2D eigenvalue weighted by molar-refractivity contribution is 7.97. The Balaban J connectivity index is 1.33. The minimum atomic E-state index is -4.46. The van der Waals surface area contributed by atoms with Gasteiger partial charge >= 0.3 is 6.18 Å². The Bertz CT molecular complexity index is 684. The highest BCUT2D eigenvalue weighted by Crippen LogP contribution is 2.35. The summed E-state index contributed by atoms with van der Waals surface area (Å²) in [5.74, 6) is 0.191. The molecule has 168 valence electrons. The van der Waals surface area contributed by atoms with Gasteiger partial charge in [0, 0.05) is 43.2 Å². The first-order valence-electron chi connectivity index (χ1n) is 11.1. The molecule has 1 aliphatic carbocycles. The van der Waals surface area contributed by atoms with Gasteiger partial charge in [-0.2, -0.15) is 18.2 Å². The van der Waals surface area contributed by atoms with Gasteiger partial charge in [0.05, 0.1) is 0 Å². The summed E-state index contributed by atoms with van der Waals surface area (Å²) in [4.78, 5) is 8.21. The fourth-order valence-corrected chi connectivity index (χ4v) is 5.75. The van der Waals surface area contributed by atoms with Gasteiger partial charge in [0.2, 0.25) is 5.95 Å². The van der Waals surface area contributed by atoms with Crippen LogP contribution in [0.4, 0.5) is 24.9 Å². The van der Waals surface area contributed by atoms with E-state index >= 15 is 0 Å². The Hall–Kier alpha value is -1.26. The molecule has 0 amide bonds. The van der Waals surface area contributed by atoms with E-state index < -0.39 is 11.7 Å². The summed E-state index contributed by atoms with van der Waals surface area (Å²) in [7, 11) is 0. The van der Waals surface area contributed by atoms with E-state index in [9.17, 15) is 13.2 Å². The third-order valence-corrected chi connectivity index (χ3v) is 7.49. The Kier molecular flexibility index (Phi) is 7.25. The fourth-order valence-electron chi connectivity index (χ4n) is 4.44. The first kappa shape index (κ1) is 22.0. The summed E-state index contributed by atoms with van der Waals surface area (Å²) in [6.07, 6.45) is 4.67. The normalized spacial score (nSPS) is 24.8. The number of hydrogen-bond acceptors (Lipinski definition) is 7. The summed E-state index contributed by atoms with van der Waals surface area (Å²) in [5, 5.41) is 10.4. The molecule has 0 aromatic carbocycles. The molecule has 3 heterocycles. The zero-order valence-corrected chi connectivity index (χ0v) is 18.0. The molecule has 2 saturated heterocycles. The van der Waals surface area contributed by atoms with Gasteiger partial charge in [-0.05, 0) is 45.1 Å². The molecule has 0 spiro atoms. The molecule has 1 unspecified atom stereocenters. The number of anilines is 2. The van der Waals surface area contributed by atoms with Crippen molar-refractivity contribution >= 4 is 23.7 Å². The largest absolute Gasteiger partial charge is 0.421 e. The van der Waals surface area contributed by atoms with Crippen molar-refractivity contribution in [3.63, 3.8) is 0 Å². The van der Waals surface area contributed by atoms with Crippen molar-refractivity contribution < 1.29 is 13.2 Å². The molecule has 1 atom stereocenters. The van der Waals surface area contributed by atoms with Gasteiger partial charge in [0.15, 0.2) is 0 Å². The van der Waals surface area contributed by atoms with Gasteiger partial charge in [0.25, 0.3) is 0 Å². The minimum Gasteiger partial charge on any atom is -0.367 e. The average molecular weight is 445 g/mol. The maximum Gasteiger partial charge on any atom is 0.421 e. The number of nitrogens with one attached hydrogen (secondary N) is 3. The van der Waals surface area contributed by atoms with E-state index in [4.69, 9.17) is 0 Å². The second kappa shape index (κ2) is 9.91. The average Bonchev–Trinajstić information content (AvgIpc) is 3.23. The van der Waals surface area contributed by atoms with Gasteiger partial charge in [-0.15, -0.1) is 0 Å². The van der Waals surface area contributed by atoms with Crippen molar-refractivity contribution in [1.82, 2.24) is 19.6 Å². The molecule has 1 saturated carbocycles. The predicted octanol–water partition coefficient (Wildman–Crippen LogP) is 4.13. The van der Waals surface area contributed by atoms with Crippen LogP contribution >= 0.6 is 11.9 Å². The second-order valence-corrected chi connectivity index (χ2v) is 9.89. The first-order valence-corrected chi connectivity index (χ1v) is 11.9. The van der Waals surface area contributed by atoms with E-state index in [1.54, 1.807) is 0 Å². The maximum absolute atomic E-state index is 13.4. The van der Waals surface area contributed by atoms with Crippen molar-refractivity contribution in [2.45, 2.75) is 74.9 Å². The van der Waals surface area contributed by atoms with Crippen molar-refractivity contribution in [2.75, 3.05) is 36.8 Å². The van der Waals surface area contributed by atoms with Crippen LogP contribution in [0.3, 0.4) is 0 Å². The molecule has 2 aliphatic heterocycles. The van der Waals surface area contributed by atoms with Crippen LogP contribution in [0.15, 0.2) is 6.20 Å². The molecule has 1 aromatic rings. The molecule has 10 heteroatoms. The minimum absolute atomic E-state index is 0.0587. The third kappa shape index (κ3) is 5.91. The number of aromatic nitrogens is 2. The van der Waals surface area contributed by atoms with Crippen LogP contribution in [0.5, 0.6) is 0 Å². The van der Waals surface area contributed by atoms with E-state index in [1.165, 1.54) is 12.8 Å². The molecular weight excluding hydrogens is 413 g/mol. The summed E-state index contributed by atoms with van der Waals surface area (Å²) in [6, 6.07) is 0.241. The molecule has 3 fully saturated rings. The van der Waals surface area contributed by atoms with Crippen LogP contribution in [0, 0.1) is 0 Å². The Morgan fingerprint density at radius 2 is 1.73 bits per heavy atom. The number of piperidine rings is 2. The highest BCUT2D eigenvalue weighted by atomic mass is 32.2. The Morgan fingerprint density at radius 1 is 1.00 bits per heavy atom. The van der Waals surface area contributed by atoms with E-state index in [2.05, 4.69) is 30.2 Å².